The second kappa shape index (κ2) is 13.1. The molecule has 0 aliphatic carbocycles. The normalized spacial score (nSPS) is 11.4. The zero-order chi connectivity index (χ0) is 21.6. The Kier molecular flexibility index (Phi) is 10.1. The minimum Gasteiger partial charge on any atom is -0.461 e. The topological polar surface area (TPSA) is 84.5 Å². The van der Waals surface area contributed by atoms with E-state index in [0.717, 1.165) is 24.0 Å². The fraction of sp³-hybridized carbons (Fsp3) is 0.375. The Morgan fingerprint density at radius 2 is 1.57 bits per heavy atom. The molecule has 2 aromatic carbocycles. The molecule has 0 bridgehead atoms. The molecule has 0 aromatic heterocycles. The summed E-state index contributed by atoms with van der Waals surface area (Å²) >= 11 is 0. The average molecular weight is 411 g/mol. The number of esters is 1. The van der Waals surface area contributed by atoms with Gasteiger partial charge in [-0.25, -0.2) is 0 Å². The van der Waals surface area contributed by atoms with Crippen LogP contribution in [0.15, 0.2) is 60.7 Å². The van der Waals surface area contributed by atoms with Crippen LogP contribution >= 0.6 is 0 Å². The molecule has 6 nitrogen and oxygen atoms in total. The van der Waals surface area contributed by atoms with Crippen molar-refractivity contribution in [3.63, 3.8) is 0 Å². The standard InChI is InChI=1S/C24H30N2O4/c1-2-3-16-25-24(29)21(26-22(27)17-19-10-6-4-7-11-19)14-15-23(28)30-18-20-12-8-5-9-13-20/h4-13,21H,2-3,14-18H2,1H3,(H,25,29)(H,26,27). The van der Waals surface area contributed by atoms with Gasteiger partial charge in [-0.05, 0) is 24.0 Å². The van der Waals surface area contributed by atoms with E-state index in [0.29, 0.717) is 6.54 Å². The van der Waals surface area contributed by atoms with Gasteiger partial charge in [-0.15, -0.1) is 0 Å². The molecule has 2 aromatic rings. The van der Waals surface area contributed by atoms with Crippen molar-refractivity contribution in [2.75, 3.05) is 6.54 Å². The second-order valence-corrected chi connectivity index (χ2v) is 7.11. The van der Waals surface area contributed by atoms with Crippen LogP contribution in [0.1, 0.15) is 43.7 Å². The molecule has 1 unspecified atom stereocenters. The number of carbonyl (C=O) groups excluding carboxylic acids is 3. The second-order valence-electron chi connectivity index (χ2n) is 7.11. The summed E-state index contributed by atoms with van der Waals surface area (Å²) < 4.78 is 5.27. The first-order chi connectivity index (χ1) is 14.6. The Bertz CT molecular complexity index is 793. The smallest absolute Gasteiger partial charge is 0.306 e. The third-order valence-corrected chi connectivity index (χ3v) is 4.57. The highest BCUT2D eigenvalue weighted by Crippen LogP contribution is 2.06. The van der Waals surface area contributed by atoms with Gasteiger partial charge in [0.2, 0.25) is 11.8 Å². The Labute approximate surface area is 178 Å². The molecule has 2 rings (SSSR count). The lowest BCUT2D eigenvalue weighted by atomic mass is 10.1. The zero-order valence-corrected chi connectivity index (χ0v) is 17.4. The van der Waals surface area contributed by atoms with Crippen molar-refractivity contribution < 1.29 is 19.1 Å². The van der Waals surface area contributed by atoms with Crippen molar-refractivity contribution in [1.29, 1.82) is 0 Å². The molecule has 2 amide bonds. The first-order valence-corrected chi connectivity index (χ1v) is 10.4. The highest BCUT2D eigenvalue weighted by atomic mass is 16.5. The van der Waals surface area contributed by atoms with Crippen molar-refractivity contribution in [3.8, 4) is 0 Å². The highest BCUT2D eigenvalue weighted by Gasteiger charge is 2.22. The zero-order valence-electron chi connectivity index (χ0n) is 17.4. The van der Waals surface area contributed by atoms with Crippen LogP contribution in [0.5, 0.6) is 0 Å². The first-order valence-electron chi connectivity index (χ1n) is 10.4. The van der Waals surface area contributed by atoms with Gasteiger partial charge in [0.15, 0.2) is 0 Å². The SMILES string of the molecule is CCCCNC(=O)C(CCC(=O)OCc1ccccc1)NC(=O)Cc1ccccc1. The van der Waals surface area contributed by atoms with Crippen LogP contribution in [0.3, 0.4) is 0 Å². The van der Waals surface area contributed by atoms with Crippen LogP contribution in [-0.2, 0) is 32.1 Å². The number of hydrogen-bond donors (Lipinski definition) is 2. The predicted octanol–water partition coefficient (Wildman–Crippen LogP) is 3.15. The molecular weight excluding hydrogens is 380 g/mol. The molecule has 2 N–H and O–H groups in total. The van der Waals surface area contributed by atoms with Crippen LogP contribution < -0.4 is 10.6 Å². The van der Waals surface area contributed by atoms with Gasteiger partial charge < -0.3 is 15.4 Å². The van der Waals surface area contributed by atoms with Gasteiger partial charge in [0.1, 0.15) is 12.6 Å². The van der Waals surface area contributed by atoms with E-state index in [2.05, 4.69) is 10.6 Å². The number of benzene rings is 2. The van der Waals surface area contributed by atoms with Gasteiger partial charge in [0.05, 0.1) is 6.42 Å². The molecule has 0 saturated carbocycles. The maximum absolute atomic E-state index is 12.5. The Morgan fingerprint density at radius 1 is 0.933 bits per heavy atom. The van der Waals surface area contributed by atoms with Crippen molar-refractivity contribution in [3.05, 3.63) is 71.8 Å². The Balaban J connectivity index is 1.87. The van der Waals surface area contributed by atoms with E-state index in [9.17, 15) is 14.4 Å². The lowest BCUT2D eigenvalue weighted by molar-refractivity contribution is -0.145. The van der Waals surface area contributed by atoms with Gasteiger partial charge in [-0.2, -0.15) is 0 Å². The number of nitrogens with one attached hydrogen (secondary N) is 2. The van der Waals surface area contributed by atoms with Gasteiger partial charge in [-0.1, -0.05) is 74.0 Å². The maximum atomic E-state index is 12.5. The number of ether oxygens (including phenoxy) is 1. The van der Waals surface area contributed by atoms with E-state index < -0.39 is 12.0 Å². The highest BCUT2D eigenvalue weighted by molar-refractivity contribution is 5.88. The molecule has 0 heterocycles. The Hall–Kier alpha value is -3.15. The summed E-state index contributed by atoms with van der Waals surface area (Å²) in [7, 11) is 0. The van der Waals surface area contributed by atoms with E-state index in [1.54, 1.807) is 0 Å². The van der Waals surface area contributed by atoms with Crippen molar-refractivity contribution in [2.24, 2.45) is 0 Å². The number of rotatable bonds is 12. The summed E-state index contributed by atoms with van der Waals surface area (Å²) in [6.07, 6.45) is 2.22. The van der Waals surface area contributed by atoms with Gasteiger partial charge >= 0.3 is 5.97 Å². The molecular formula is C24H30N2O4. The summed E-state index contributed by atoms with van der Waals surface area (Å²) in [5, 5.41) is 5.59. The third-order valence-electron chi connectivity index (χ3n) is 4.57. The fourth-order valence-corrected chi connectivity index (χ4v) is 2.88. The molecule has 0 spiro atoms. The van der Waals surface area contributed by atoms with E-state index in [-0.39, 0.29) is 37.7 Å². The largest absolute Gasteiger partial charge is 0.461 e. The lowest BCUT2D eigenvalue weighted by Crippen LogP contribution is -2.47. The number of unbranched alkanes of at least 4 members (excludes halogenated alkanes) is 1. The Morgan fingerprint density at radius 3 is 2.20 bits per heavy atom. The van der Waals surface area contributed by atoms with E-state index >= 15 is 0 Å². The molecule has 0 saturated heterocycles. The fourth-order valence-electron chi connectivity index (χ4n) is 2.88. The van der Waals surface area contributed by atoms with E-state index in [1.165, 1.54) is 0 Å². The van der Waals surface area contributed by atoms with Gasteiger partial charge in [-0.3, -0.25) is 14.4 Å². The van der Waals surface area contributed by atoms with Crippen molar-refractivity contribution in [2.45, 2.75) is 51.7 Å². The van der Waals surface area contributed by atoms with E-state index in [4.69, 9.17) is 4.74 Å². The van der Waals surface area contributed by atoms with Crippen LogP contribution in [-0.4, -0.2) is 30.4 Å². The van der Waals surface area contributed by atoms with Crippen molar-refractivity contribution in [1.82, 2.24) is 10.6 Å². The number of carbonyl (C=O) groups is 3. The summed E-state index contributed by atoms with van der Waals surface area (Å²) in [6, 6.07) is 17.9. The molecule has 0 aliphatic rings. The summed E-state index contributed by atoms with van der Waals surface area (Å²) in [5.74, 6) is -0.933. The van der Waals surface area contributed by atoms with Crippen LogP contribution in [0.2, 0.25) is 0 Å². The minimum atomic E-state index is -0.776. The molecule has 160 valence electrons. The predicted molar refractivity (Wildman–Crippen MR) is 115 cm³/mol. The van der Waals surface area contributed by atoms with Gasteiger partial charge in [0, 0.05) is 13.0 Å². The average Bonchev–Trinajstić information content (AvgIpc) is 2.76. The molecule has 0 aliphatic heterocycles. The van der Waals surface area contributed by atoms with Crippen LogP contribution in [0.25, 0.3) is 0 Å². The molecule has 1 atom stereocenters. The molecule has 0 radical (unpaired) electrons. The number of amides is 2. The summed E-state index contributed by atoms with van der Waals surface area (Å²) in [6.45, 7) is 2.76. The maximum Gasteiger partial charge on any atom is 0.306 e. The molecule has 6 heteroatoms. The minimum absolute atomic E-state index is 0.0459. The van der Waals surface area contributed by atoms with Crippen molar-refractivity contribution >= 4 is 17.8 Å². The summed E-state index contributed by atoms with van der Waals surface area (Å²) in [5.41, 5.74) is 1.76. The van der Waals surface area contributed by atoms with Gasteiger partial charge in [0.25, 0.3) is 0 Å². The third kappa shape index (κ3) is 8.90. The first kappa shape index (κ1) is 23.1. The lowest BCUT2D eigenvalue weighted by Gasteiger charge is -2.18. The molecule has 30 heavy (non-hydrogen) atoms. The summed E-state index contributed by atoms with van der Waals surface area (Å²) in [4.78, 5) is 37.0. The van der Waals surface area contributed by atoms with Crippen LogP contribution in [0, 0.1) is 0 Å². The monoisotopic (exact) mass is 410 g/mol. The number of hydrogen-bond acceptors (Lipinski definition) is 4. The van der Waals surface area contributed by atoms with E-state index in [1.807, 2.05) is 67.6 Å². The van der Waals surface area contributed by atoms with Crippen LogP contribution in [0.4, 0.5) is 0 Å². The quantitative estimate of drug-likeness (QED) is 0.416. The molecule has 0 fully saturated rings.